The molecule has 3 nitrogen and oxygen atoms in total. The molecule has 1 atom stereocenters. The normalized spacial score (nSPS) is 13.4. The van der Waals surface area contributed by atoms with Gasteiger partial charge in [-0.05, 0) is 60.8 Å². The summed E-state index contributed by atoms with van der Waals surface area (Å²) in [6.45, 7) is 6.71. The lowest BCUT2D eigenvalue weighted by atomic mass is 9.93. The van der Waals surface area contributed by atoms with Gasteiger partial charge in [0.05, 0.1) is 17.2 Å². The van der Waals surface area contributed by atoms with Crippen molar-refractivity contribution < 1.29 is 9.47 Å². The highest BCUT2D eigenvalue weighted by Gasteiger charge is 2.26. The second kappa shape index (κ2) is 6.55. The molecule has 0 amide bonds. The van der Waals surface area contributed by atoms with Gasteiger partial charge < -0.3 is 15.2 Å². The maximum atomic E-state index is 6.22. The van der Waals surface area contributed by atoms with Gasteiger partial charge in [0.25, 0.3) is 0 Å². The Bertz CT molecular complexity index is 393. The van der Waals surface area contributed by atoms with Crippen molar-refractivity contribution in [3.63, 3.8) is 0 Å². The summed E-state index contributed by atoms with van der Waals surface area (Å²) in [5, 5.41) is 0. The molecule has 0 heterocycles. The molecule has 0 spiro atoms. The second-order valence-electron chi connectivity index (χ2n) is 4.82. The molecular weight excluding hydrogens is 294 g/mol. The molecule has 0 aliphatic rings. The third-order valence-corrected chi connectivity index (χ3v) is 3.70. The van der Waals surface area contributed by atoms with Gasteiger partial charge in [0.15, 0.2) is 0 Å². The van der Waals surface area contributed by atoms with Crippen LogP contribution >= 0.6 is 15.9 Å². The number of hydrogen-bond acceptors (Lipinski definition) is 3. The van der Waals surface area contributed by atoms with Crippen LogP contribution in [-0.4, -0.2) is 25.4 Å². The van der Waals surface area contributed by atoms with Gasteiger partial charge in [0, 0.05) is 12.6 Å². The maximum absolute atomic E-state index is 6.22. The van der Waals surface area contributed by atoms with E-state index in [0.717, 1.165) is 16.6 Å². The number of methoxy groups -OCH3 is 1. The molecule has 1 rings (SSSR count). The molecule has 102 valence electrons. The molecule has 0 radical (unpaired) electrons. The third kappa shape index (κ3) is 3.97. The minimum atomic E-state index is -0.318. The van der Waals surface area contributed by atoms with Crippen LogP contribution in [0.15, 0.2) is 22.7 Å². The number of nitrogens with two attached hydrogens (primary N) is 1. The Labute approximate surface area is 118 Å². The van der Waals surface area contributed by atoms with E-state index in [0.29, 0.717) is 6.61 Å². The van der Waals surface area contributed by atoms with Crippen molar-refractivity contribution in [2.24, 2.45) is 5.73 Å². The predicted molar refractivity (Wildman–Crippen MR) is 78.1 cm³/mol. The zero-order valence-corrected chi connectivity index (χ0v) is 13.1. The van der Waals surface area contributed by atoms with Gasteiger partial charge in [-0.25, -0.2) is 0 Å². The van der Waals surface area contributed by atoms with Crippen LogP contribution in [0.25, 0.3) is 0 Å². The van der Waals surface area contributed by atoms with E-state index in [-0.39, 0.29) is 11.6 Å². The Morgan fingerprint density at radius 3 is 2.56 bits per heavy atom. The molecule has 0 aliphatic carbocycles. The number of benzene rings is 1. The monoisotopic (exact) mass is 315 g/mol. The van der Waals surface area contributed by atoms with Gasteiger partial charge in [-0.1, -0.05) is 6.07 Å². The van der Waals surface area contributed by atoms with Gasteiger partial charge in [0.2, 0.25) is 0 Å². The Morgan fingerprint density at radius 1 is 1.39 bits per heavy atom. The van der Waals surface area contributed by atoms with E-state index < -0.39 is 0 Å². The number of hydrogen-bond donors (Lipinski definition) is 1. The summed E-state index contributed by atoms with van der Waals surface area (Å²) in [5.41, 5.74) is 7.07. The molecule has 4 heteroatoms. The maximum Gasteiger partial charge on any atom is 0.133 e. The fraction of sp³-hybridized carbons (Fsp3) is 0.571. The lowest BCUT2D eigenvalue weighted by Crippen LogP contribution is -2.46. The number of ether oxygens (including phenoxy) is 2. The highest BCUT2D eigenvalue weighted by molar-refractivity contribution is 9.10. The van der Waals surface area contributed by atoms with Gasteiger partial charge in [-0.3, -0.25) is 0 Å². The largest absolute Gasteiger partial charge is 0.496 e. The van der Waals surface area contributed by atoms with Gasteiger partial charge in [-0.15, -0.1) is 0 Å². The summed E-state index contributed by atoms with van der Waals surface area (Å²) in [6, 6.07) is 5.98. The van der Waals surface area contributed by atoms with E-state index >= 15 is 0 Å². The minimum Gasteiger partial charge on any atom is -0.496 e. The summed E-state index contributed by atoms with van der Waals surface area (Å²) in [6.07, 6.45) is 0.773. The molecule has 0 aromatic heterocycles. The molecule has 1 unspecified atom stereocenters. The van der Waals surface area contributed by atoms with Crippen LogP contribution in [0.3, 0.4) is 0 Å². The summed E-state index contributed by atoms with van der Waals surface area (Å²) in [7, 11) is 1.66. The zero-order valence-electron chi connectivity index (χ0n) is 11.5. The van der Waals surface area contributed by atoms with Crippen molar-refractivity contribution in [3.8, 4) is 5.75 Å². The van der Waals surface area contributed by atoms with Crippen molar-refractivity contribution >= 4 is 15.9 Å². The summed E-state index contributed by atoms with van der Waals surface area (Å²) in [5.74, 6) is 0.830. The fourth-order valence-electron chi connectivity index (χ4n) is 1.82. The van der Waals surface area contributed by atoms with E-state index in [4.69, 9.17) is 15.2 Å². The lowest BCUT2D eigenvalue weighted by molar-refractivity contribution is -0.0288. The lowest BCUT2D eigenvalue weighted by Gasteiger charge is -2.31. The molecular formula is C14H22BrNO2. The average molecular weight is 316 g/mol. The first kappa shape index (κ1) is 15.5. The standard InChI is InChI=1S/C14H22BrNO2/c1-5-18-14(2,3)13(16)9-10-6-7-12(17-4)11(15)8-10/h6-8,13H,5,9,16H2,1-4H3. The summed E-state index contributed by atoms with van der Waals surface area (Å²) >= 11 is 3.48. The first-order chi connectivity index (χ1) is 8.40. The molecule has 0 saturated carbocycles. The first-order valence-electron chi connectivity index (χ1n) is 6.12. The SMILES string of the molecule is CCOC(C)(C)C(N)Cc1ccc(OC)c(Br)c1. The molecule has 0 bridgehead atoms. The highest BCUT2D eigenvalue weighted by atomic mass is 79.9. The van der Waals surface area contributed by atoms with Crippen LogP contribution in [0, 0.1) is 0 Å². The first-order valence-corrected chi connectivity index (χ1v) is 6.92. The number of halogens is 1. The van der Waals surface area contributed by atoms with Crippen molar-refractivity contribution in [1.82, 2.24) is 0 Å². The summed E-state index contributed by atoms with van der Waals surface area (Å²) < 4.78 is 11.8. The average Bonchev–Trinajstić information content (AvgIpc) is 2.29. The van der Waals surface area contributed by atoms with Crippen molar-refractivity contribution in [2.45, 2.75) is 38.8 Å². The topological polar surface area (TPSA) is 44.5 Å². The molecule has 0 aliphatic heterocycles. The van der Waals surface area contributed by atoms with E-state index in [1.165, 1.54) is 5.56 Å². The zero-order chi connectivity index (χ0) is 13.8. The Hall–Kier alpha value is -0.580. The Kier molecular flexibility index (Phi) is 5.63. The minimum absolute atomic E-state index is 0.0438. The van der Waals surface area contributed by atoms with E-state index in [1.807, 2.05) is 39.0 Å². The van der Waals surface area contributed by atoms with E-state index in [1.54, 1.807) is 7.11 Å². The van der Waals surface area contributed by atoms with Crippen molar-refractivity contribution in [1.29, 1.82) is 0 Å². The molecule has 0 fully saturated rings. The van der Waals surface area contributed by atoms with Gasteiger partial charge in [0.1, 0.15) is 5.75 Å². The van der Waals surface area contributed by atoms with Crippen LogP contribution in [0.4, 0.5) is 0 Å². The predicted octanol–water partition coefficient (Wildman–Crippen LogP) is 3.14. The molecule has 2 N–H and O–H groups in total. The third-order valence-electron chi connectivity index (χ3n) is 3.08. The Balaban J connectivity index is 2.76. The van der Waals surface area contributed by atoms with Crippen LogP contribution in [-0.2, 0) is 11.2 Å². The van der Waals surface area contributed by atoms with Crippen LogP contribution in [0.1, 0.15) is 26.3 Å². The van der Waals surface area contributed by atoms with Crippen LogP contribution < -0.4 is 10.5 Å². The summed E-state index contributed by atoms with van der Waals surface area (Å²) in [4.78, 5) is 0. The molecule has 18 heavy (non-hydrogen) atoms. The van der Waals surface area contributed by atoms with Crippen molar-refractivity contribution in [3.05, 3.63) is 28.2 Å². The molecule has 0 saturated heterocycles. The van der Waals surface area contributed by atoms with E-state index in [2.05, 4.69) is 15.9 Å². The van der Waals surface area contributed by atoms with Gasteiger partial charge >= 0.3 is 0 Å². The van der Waals surface area contributed by atoms with Crippen LogP contribution in [0.5, 0.6) is 5.75 Å². The molecule has 1 aromatic carbocycles. The van der Waals surface area contributed by atoms with E-state index in [9.17, 15) is 0 Å². The molecule has 1 aromatic rings. The van der Waals surface area contributed by atoms with Crippen LogP contribution in [0.2, 0.25) is 0 Å². The quantitative estimate of drug-likeness (QED) is 0.877. The van der Waals surface area contributed by atoms with Gasteiger partial charge in [-0.2, -0.15) is 0 Å². The fourth-order valence-corrected chi connectivity index (χ4v) is 2.40. The highest BCUT2D eigenvalue weighted by Crippen LogP contribution is 2.27. The Morgan fingerprint density at radius 2 is 2.06 bits per heavy atom. The number of rotatable bonds is 6. The smallest absolute Gasteiger partial charge is 0.133 e. The second-order valence-corrected chi connectivity index (χ2v) is 5.67. The van der Waals surface area contributed by atoms with Crippen molar-refractivity contribution in [2.75, 3.05) is 13.7 Å².